The van der Waals surface area contributed by atoms with Crippen LogP contribution in [0.5, 0.6) is 0 Å². The van der Waals surface area contributed by atoms with Gasteiger partial charge < -0.3 is 4.90 Å². The van der Waals surface area contributed by atoms with E-state index < -0.39 is 0 Å². The van der Waals surface area contributed by atoms with Crippen LogP contribution in [0, 0.1) is 0 Å². The molecular formula is C18H23ClN2. The lowest BCUT2D eigenvalue weighted by Gasteiger charge is -2.29. The molecule has 2 nitrogen and oxygen atoms in total. The van der Waals surface area contributed by atoms with Gasteiger partial charge in [-0.1, -0.05) is 43.9 Å². The fourth-order valence-corrected chi connectivity index (χ4v) is 3.58. The van der Waals surface area contributed by atoms with Gasteiger partial charge in [-0.25, -0.2) is 4.98 Å². The Morgan fingerprint density at radius 3 is 2.57 bits per heavy atom. The quantitative estimate of drug-likeness (QED) is 0.577. The number of benzene rings is 1. The third-order valence-corrected chi connectivity index (χ3v) is 4.95. The van der Waals surface area contributed by atoms with E-state index in [-0.39, 0.29) is 0 Å². The van der Waals surface area contributed by atoms with Crippen molar-refractivity contribution >= 4 is 28.3 Å². The van der Waals surface area contributed by atoms with Crippen LogP contribution >= 0.6 is 11.6 Å². The van der Waals surface area contributed by atoms with Crippen molar-refractivity contribution in [2.45, 2.75) is 50.4 Å². The van der Waals surface area contributed by atoms with Gasteiger partial charge in [-0.3, -0.25) is 0 Å². The summed E-state index contributed by atoms with van der Waals surface area (Å²) in [7, 11) is 2.19. The highest BCUT2D eigenvalue weighted by Gasteiger charge is 2.19. The highest BCUT2D eigenvalue weighted by atomic mass is 35.5. The first-order valence-electron chi connectivity index (χ1n) is 7.97. The summed E-state index contributed by atoms with van der Waals surface area (Å²) in [5.41, 5.74) is 2.23. The molecule has 0 bridgehead atoms. The summed E-state index contributed by atoms with van der Waals surface area (Å²) in [5.74, 6) is 1.60. The van der Waals surface area contributed by atoms with E-state index in [1.54, 1.807) is 0 Å². The number of halogens is 1. The number of pyridine rings is 1. The molecule has 0 radical (unpaired) electrons. The van der Waals surface area contributed by atoms with Gasteiger partial charge in [-0.05, 0) is 30.5 Å². The monoisotopic (exact) mass is 302 g/mol. The summed E-state index contributed by atoms with van der Waals surface area (Å²) in [5, 5.41) is 1.17. The largest absolute Gasteiger partial charge is 0.357 e. The average molecular weight is 303 g/mol. The molecule has 1 saturated carbocycles. The number of fused-ring (bicyclic) bond motifs is 1. The molecule has 1 aromatic carbocycles. The highest BCUT2D eigenvalue weighted by molar-refractivity contribution is 6.18. The molecule has 0 N–H and O–H groups in total. The van der Waals surface area contributed by atoms with Crippen molar-refractivity contribution in [3.8, 4) is 0 Å². The topological polar surface area (TPSA) is 16.1 Å². The summed E-state index contributed by atoms with van der Waals surface area (Å²) in [4.78, 5) is 7.23. The second kappa shape index (κ2) is 6.65. The summed E-state index contributed by atoms with van der Waals surface area (Å²) >= 11 is 6.15. The van der Waals surface area contributed by atoms with Crippen LogP contribution in [0.1, 0.15) is 44.1 Å². The molecule has 0 atom stereocenters. The molecule has 3 heteroatoms. The minimum atomic E-state index is 0.536. The molecule has 0 saturated heterocycles. The maximum Gasteiger partial charge on any atom is 0.129 e. The van der Waals surface area contributed by atoms with Crippen molar-refractivity contribution in [2.24, 2.45) is 0 Å². The van der Waals surface area contributed by atoms with Crippen molar-refractivity contribution in [1.82, 2.24) is 4.98 Å². The maximum absolute atomic E-state index is 6.15. The molecule has 0 unspecified atom stereocenters. The molecule has 0 amide bonds. The fraction of sp³-hybridized carbons (Fsp3) is 0.500. The number of alkyl halides is 1. The van der Waals surface area contributed by atoms with E-state index in [0.29, 0.717) is 11.9 Å². The van der Waals surface area contributed by atoms with Gasteiger partial charge in [0.25, 0.3) is 0 Å². The Hall–Kier alpha value is -1.28. The molecule has 112 valence electrons. The standard InChI is InChI=1S/C18H23ClN2/c1-21(15-8-4-2-3-5-9-15)18-12-14(13-19)16-10-6-7-11-17(16)20-18/h6-7,10-12,15H,2-5,8-9,13H2,1H3. The smallest absolute Gasteiger partial charge is 0.129 e. The third kappa shape index (κ3) is 3.16. The van der Waals surface area contributed by atoms with Crippen molar-refractivity contribution in [3.63, 3.8) is 0 Å². The lowest BCUT2D eigenvalue weighted by atomic mass is 10.1. The zero-order chi connectivity index (χ0) is 14.7. The van der Waals surface area contributed by atoms with Gasteiger partial charge in [0.05, 0.1) is 5.52 Å². The number of aromatic nitrogens is 1. The molecule has 1 aliphatic carbocycles. The van der Waals surface area contributed by atoms with E-state index in [1.165, 1.54) is 49.5 Å². The zero-order valence-corrected chi connectivity index (χ0v) is 13.4. The minimum absolute atomic E-state index is 0.536. The lowest BCUT2D eigenvalue weighted by molar-refractivity contribution is 0.549. The van der Waals surface area contributed by atoms with Crippen LogP contribution in [-0.4, -0.2) is 18.1 Å². The Kier molecular flexibility index (Phi) is 4.64. The zero-order valence-electron chi connectivity index (χ0n) is 12.7. The molecule has 21 heavy (non-hydrogen) atoms. The molecule has 1 aromatic heterocycles. The van der Waals surface area contributed by atoms with Gasteiger partial charge in [0, 0.05) is 24.4 Å². The predicted molar refractivity (Wildman–Crippen MR) is 91.2 cm³/mol. The van der Waals surface area contributed by atoms with Crippen LogP contribution in [0.15, 0.2) is 30.3 Å². The molecular weight excluding hydrogens is 280 g/mol. The van der Waals surface area contributed by atoms with Gasteiger partial charge in [-0.2, -0.15) is 0 Å². The third-order valence-electron chi connectivity index (χ3n) is 4.67. The number of rotatable bonds is 3. The van der Waals surface area contributed by atoms with Crippen molar-refractivity contribution in [3.05, 3.63) is 35.9 Å². The first-order valence-corrected chi connectivity index (χ1v) is 8.50. The van der Waals surface area contributed by atoms with E-state index in [0.717, 1.165) is 11.3 Å². The van der Waals surface area contributed by atoms with Crippen molar-refractivity contribution < 1.29 is 0 Å². The van der Waals surface area contributed by atoms with E-state index in [4.69, 9.17) is 16.6 Å². The number of hydrogen-bond donors (Lipinski definition) is 0. The van der Waals surface area contributed by atoms with E-state index in [1.807, 2.05) is 6.07 Å². The summed E-state index contributed by atoms with van der Waals surface area (Å²) in [6.45, 7) is 0. The Balaban J connectivity index is 1.95. The van der Waals surface area contributed by atoms with E-state index >= 15 is 0 Å². The number of anilines is 1. The van der Waals surface area contributed by atoms with Crippen molar-refractivity contribution in [1.29, 1.82) is 0 Å². The van der Waals surface area contributed by atoms with E-state index in [9.17, 15) is 0 Å². The normalized spacial score (nSPS) is 16.9. The minimum Gasteiger partial charge on any atom is -0.357 e. The van der Waals surface area contributed by atoms with Crippen molar-refractivity contribution in [2.75, 3.05) is 11.9 Å². The first-order chi connectivity index (χ1) is 10.3. The number of hydrogen-bond acceptors (Lipinski definition) is 2. The van der Waals surface area contributed by atoms with Gasteiger partial charge in [0.15, 0.2) is 0 Å². The van der Waals surface area contributed by atoms with Gasteiger partial charge in [0.1, 0.15) is 5.82 Å². The Morgan fingerprint density at radius 2 is 1.86 bits per heavy atom. The SMILES string of the molecule is CN(c1cc(CCl)c2ccccc2n1)C1CCCCCC1. The Morgan fingerprint density at radius 1 is 1.14 bits per heavy atom. The summed E-state index contributed by atoms with van der Waals surface area (Å²) < 4.78 is 0. The average Bonchev–Trinajstić information content (AvgIpc) is 2.82. The second-order valence-corrected chi connectivity index (χ2v) is 6.31. The summed E-state index contributed by atoms with van der Waals surface area (Å²) in [6.07, 6.45) is 7.99. The van der Waals surface area contributed by atoms with Crippen LogP contribution in [-0.2, 0) is 5.88 Å². The first kappa shape index (κ1) is 14.6. The highest BCUT2D eigenvalue weighted by Crippen LogP contribution is 2.28. The van der Waals surface area contributed by atoms with Crippen LogP contribution in [0.25, 0.3) is 10.9 Å². The maximum atomic E-state index is 6.15. The number of para-hydroxylation sites is 1. The molecule has 1 heterocycles. The second-order valence-electron chi connectivity index (χ2n) is 6.05. The Bertz CT molecular complexity index is 603. The Labute approximate surface area is 132 Å². The van der Waals surface area contributed by atoms with E-state index in [2.05, 4.69) is 36.2 Å². The molecule has 0 aliphatic heterocycles. The van der Waals surface area contributed by atoms with Gasteiger partial charge in [-0.15, -0.1) is 11.6 Å². The van der Waals surface area contributed by atoms with Crippen LogP contribution < -0.4 is 4.90 Å². The van der Waals surface area contributed by atoms with Gasteiger partial charge in [0.2, 0.25) is 0 Å². The molecule has 1 fully saturated rings. The molecule has 0 spiro atoms. The predicted octanol–water partition coefficient (Wildman–Crippen LogP) is 5.13. The molecule has 3 rings (SSSR count). The summed E-state index contributed by atoms with van der Waals surface area (Å²) in [6, 6.07) is 11.1. The van der Waals surface area contributed by atoms with Crippen LogP contribution in [0.2, 0.25) is 0 Å². The fourth-order valence-electron chi connectivity index (χ4n) is 3.36. The van der Waals surface area contributed by atoms with Crippen LogP contribution in [0.3, 0.4) is 0 Å². The number of nitrogens with zero attached hydrogens (tertiary/aromatic N) is 2. The van der Waals surface area contributed by atoms with Gasteiger partial charge >= 0.3 is 0 Å². The molecule has 2 aromatic rings. The molecule has 1 aliphatic rings. The lowest BCUT2D eigenvalue weighted by Crippen LogP contribution is -2.31. The van der Waals surface area contributed by atoms with Crippen LogP contribution in [0.4, 0.5) is 5.82 Å².